The van der Waals surface area contributed by atoms with Gasteiger partial charge in [-0.2, -0.15) is 0 Å². The third-order valence-corrected chi connectivity index (χ3v) is 1.10. The summed E-state index contributed by atoms with van der Waals surface area (Å²) in [5, 5.41) is 0. The Hall–Kier alpha value is 0.488. The van der Waals surface area contributed by atoms with Crippen molar-refractivity contribution in [2.45, 2.75) is 18.3 Å². The van der Waals surface area contributed by atoms with Crippen molar-refractivity contribution in [3.63, 3.8) is 0 Å². The molecule has 1 unspecified atom stereocenters. The molecule has 0 aromatic carbocycles. The summed E-state index contributed by atoms with van der Waals surface area (Å²) in [6, 6.07) is 0. The number of rotatable bonds is 1. The van der Waals surface area contributed by atoms with Crippen LogP contribution in [0.4, 0.5) is 4.39 Å². The Morgan fingerprint density at radius 1 is 2.00 bits per heavy atom. The first-order chi connectivity index (χ1) is 2.27. The zero-order valence-electron chi connectivity index (χ0n) is 3.11. The summed E-state index contributed by atoms with van der Waals surface area (Å²) in [5.74, 6) is 0. The molecule has 2 heteroatoms. The van der Waals surface area contributed by atoms with Gasteiger partial charge in [0.15, 0.2) is 0 Å². The fraction of sp³-hybridized carbons (Fsp3) is 1.00. The number of alkyl halides is 1. The molecule has 0 spiro atoms. The van der Waals surface area contributed by atoms with Crippen LogP contribution in [-0.2, 0) is 0 Å². The summed E-state index contributed by atoms with van der Waals surface area (Å²) < 4.78 is 11.4. The second-order valence-electron chi connectivity index (χ2n) is 0.843. The summed E-state index contributed by atoms with van der Waals surface area (Å²) >= 11 is 1.94. The van der Waals surface area contributed by atoms with Gasteiger partial charge < -0.3 is 0 Å². The fourth-order valence-corrected chi connectivity index (χ4v) is 0. The van der Waals surface area contributed by atoms with Gasteiger partial charge in [0.05, 0.1) is 0 Å². The Kier molecular flexibility index (Phi) is 2.98. The van der Waals surface area contributed by atoms with E-state index in [1.807, 2.05) is 23.8 Å². The molecule has 0 aliphatic heterocycles. The van der Waals surface area contributed by atoms with Gasteiger partial charge in [0.1, 0.15) is 0 Å². The third kappa shape index (κ3) is 4.49. The van der Waals surface area contributed by atoms with Crippen LogP contribution in [0.5, 0.6) is 0 Å². The molecular weight excluding hydrogens is 130 g/mol. The van der Waals surface area contributed by atoms with Crippen molar-refractivity contribution in [3.05, 3.63) is 0 Å². The van der Waals surface area contributed by atoms with E-state index in [0.29, 0.717) is 6.42 Å². The first kappa shape index (κ1) is 5.49. The Balaban J connectivity index is 2.54. The van der Waals surface area contributed by atoms with Gasteiger partial charge in [-0.1, -0.05) is 0 Å². The summed E-state index contributed by atoms with van der Waals surface area (Å²) in [6.07, 6.45) is 0.611. The molecule has 0 aliphatic rings. The molecule has 1 atom stereocenters. The predicted octanol–water partition coefficient (Wildman–Crippen LogP) is 0.861. The van der Waals surface area contributed by atoms with Gasteiger partial charge in [-0.05, 0) is 0 Å². The molecule has 0 fully saturated rings. The molecule has 5 heavy (non-hydrogen) atoms. The van der Waals surface area contributed by atoms with E-state index in [0.717, 1.165) is 0 Å². The number of hydrogen-bond donors (Lipinski definition) is 0. The minimum absolute atomic E-state index is 0.611. The van der Waals surface area contributed by atoms with Gasteiger partial charge in [-0.15, -0.1) is 0 Å². The molecule has 0 saturated heterocycles. The molecule has 0 bridgehead atoms. The average Bonchev–Trinajstić information content (AvgIpc) is 1.38. The van der Waals surface area contributed by atoms with Crippen molar-refractivity contribution in [3.8, 4) is 0 Å². The second-order valence-corrected chi connectivity index (χ2v) is 2.02. The fourth-order valence-electron chi connectivity index (χ4n) is 0. The van der Waals surface area contributed by atoms with E-state index in [2.05, 4.69) is 0 Å². The molecule has 30 valence electrons. The molecule has 0 aromatic rings. The van der Waals surface area contributed by atoms with Gasteiger partial charge in [0, 0.05) is 0 Å². The van der Waals surface area contributed by atoms with Crippen LogP contribution < -0.4 is 0 Å². The van der Waals surface area contributed by atoms with E-state index in [4.69, 9.17) is 0 Å². The topological polar surface area (TPSA) is 0 Å². The molecule has 0 saturated carbocycles. The second kappa shape index (κ2) is 2.71. The Bertz CT molecular complexity index is 20.9. The maximum absolute atomic E-state index is 11.4. The quantitative estimate of drug-likeness (QED) is 0.469. The van der Waals surface area contributed by atoms with Gasteiger partial charge >= 0.3 is 39.5 Å². The standard InChI is InChI=1S/C3H6AsF/c1-2-3(4)5/h3H,2H2,1H3. The minimum atomic E-state index is -0.678. The first-order valence-electron chi connectivity index (χ1n) is 1.59. The van der Waals surface area contributed by atoms with Crippen LogP contribution in [0, 0.1) is 0 Å². The third-order valence-electron chi connectivity index (χ3n) is 0.337. The van der Waals surface area contributed by atoms with E-state index in [1.54, 1.807) is 0 Å². The summed E-state index contributed by atoms with van der Waals surface area (Å²) in [5.41, 5.74) is 0. The molecule has 0 aliphatic carbocycles. The van der Waals surface area contributed by atoms with Crippen molar-refractivity contribution in [1.29, 1.82) is 0 Å². The van der Waals surface area contributed by atoms with Crippen LogP contribution in [0.3, 0.4) is 0 Å². The van der Waals surface area contributed by atoms with Crippen LogP contribution in [0.25, 0.3) is 0 Å². The predicted molar refractivity (Wildman–Crippen MR) is 20.9 cm³/mol. The Morgan fingerprint density at radius 3 is 2.20 bits per heavy atom. The van der Waals surface area contributed by atoms with Crippen LogP contribution in [-0.4, -0.2) is 21.8 Å². The summed E-state index contributed by atoms with van der Waals surface area (Å²) in [4.78, 5) is -0.678. The van der Waals surface area contributed by atoms with Gasteiger partial charge in [-0.3, -0.25) is 0 Å². The molecule has 0 N–H and O–H groups in total. The summed E-state index contributed by atoms with van der Waals surface area (Å²) in [6.45, 7) is 1.81. The Labute approximate surface area is 40.3 Å². The SMILES string of the molecule is CCC(F)[As]. The molecular formula is C3H6AsF. The zero-order chi connectivity index (χ0) is 4.28. The van der Waals surface area contributed by atoms with Crippen molar-refractivity contribution < 1.29 is 4.39 Å². The van der Waals surface area contributed by atoms with Crippen LogP contribution in [0.2, 0.25) is 0 Å². The van der Waals surface area contributed by atoms with Crippen LogP contribution >= 0.6 is 0 Å². The van der Waals surface area contributed by atoms with E-state index in [-0.39, 0.29) is 0 Å². The molecule has 0 aromatic heterocycles. The maximum atomic E-state index is 11.4. The average molecular weight is 136 g/mol. The molecule has 0 amide bonds. The number of hydrogen-bond acceptors (Lipinski definition) is 0. The van der Waals surface area contributed by atoms with E-state index >= 15 is 0 Å². The van der Waals surface area contributed by atoms with E-state index in [1.165, 1.54) is 0 Å². The molecule has 0 nitrogen and oxygen atoms in total. The van der Waals surface area contributed by atoms with Crippen LogP contribution in [0.15, 0.2) is 0 Å². The zero-order valence-corrected chi connectivity index (χ0v) is 4.99. The van der Waals surface area contributed by atoms with E-state index in [9.17, 15) is 4.39 Å². The first-order valence-corrected chi connectivity index (χ1v) is 2.68. The normalized spacial score (nSPS) is 15.0. The summed E-state index contributed by atoms with van der Waals surface area (Å²) in [7, 11) is 0. The van der Waals surface area contributed by atoms with Crippen molar-refractivity contribution >= 4 is 16.9 Å². The monoisotopic (exact) mass is 136 g/mol. The molecule has 0 rings (SSSR count). The molecule has 2 radical (unpaired) electrons. The number of halogens is 1. The van der Waals surface area contributed by atoms with E-state index < -0.39 is 4.96 Å². The molecule has 0 heterocycles. The van der Waals surface area contributed by atoms with Crippen LogP contribution in [0.1, 0.15) is 13.3 Å². The van der Waals surface area contributed by atoms with Gasteiger partial charge in [0.2, 0.25) is 0 Å². The van der Waals surface area contributed by atoms with Crippen molar-refractivity contribution in [2.24, 2.45) is 0 Å². The van der Waals surface area contributed by atoms with Gasteiger partial charge in [-0.25, -0.2) is 0 Å². The van der Waals surface area contributed by atoms with Gasteiger partial charge in [0.25, 0.3) is 0 Å². The Morgan fingerprint density at radius 2 is 2.20 bits per heavy atom. The van der Waals surface area contributed by atoms with Crippen molar-refractivity contribution in [2.75, 3.05) is 0 Å². The van der Waals surface area contributed by atoms with Crippen molar-refractivity contribution in [1.82, 2.24) is 0 Å².